The van der Waals surface area contributed by atoms with E-state index in [0.717, 1.165) is 32.0 Å². The SMILES string of the molecule is N[C@@H](Cc1c([SiH3])[nH]c2ccccc12)C(=O)O. The molecule has 0 radical (unpaired) electrons. The van der Waals surface area contributed by atoms with Crippen molar-refractivity contribution < 1.29 is 9.90 Å². The normalized spacial score (nSPS) is 13.1. The van der Waals surface area contributed by atoms with Gasteiger partial charge in [0.1, 0.15) is 6.04 Å². The number of carboxylic acid groups (broad SMARTS) is 1. The number of aromatic nitrogens is 1. The van der Waals surface area contributed by atoms with Crippen LogP contribution in [0.3, 0.4) is 0 Å². The quantitative estimate of drug-likeness (QED) is 0.603. The predicted octanol–water partition coefficient (Wildman–Crippen LogP) is -0.887. The van der Waals surface area contributed by atoms with Crippen LogP contribution in [0.4, 0.5) is 0 Å². The van der Waals surface area contributed by atoms with Gasteiger partial charge >= 0.3 is 5.97 Å². The minimum Gasteiger partial charge on any atom is -0.480 e. The van der Waals surface area contributed by atoms with Crippen molar-refractivity contribution in [1.82, 2.24) is 4.98 Å². The molecular weight excluding hydrogens is 220 g/mol. The van der Waals surface area contributed by atoms with Crippen LogP contribution in [0, 0.1) is 0 Å². The Labute approximate surface area is 95.9 Å². The second-order valence-corrected chi connectivity index (χ2v) is 4.92. The highest BCUT2D eigenvalue weighted by Crippen LogP contribution is 2.16. The third-order valence-electron chi connectivity index (χ3n) is 2.77. The fraction of sp³-hybridized carbons (Fsp3) is 0.182. The molecule has 0 amide bonds. The number of aliphatic carboxylic acids is 1. The summed E-state index contributed by atoms with van der Waals surface area (Å²) in [6.07, 6.45) is 0.387. The molecule has 0 fully saturated rings. The Morgan fingerprint density at radius 1 is 1.50 bits per heavy atom. The Bertz CT molecular complexity index is 536. The molecule has 0 unspecified atom stereocenters. The summed E-state index contributed by atoms with van der Waals surface area (Å²) >= 11 is 0. The maximum Gasteiger partial charge on any atom is 0.320 e. The maximum absolute atomic E-state index is 10.7. The molecule has 0 saturated heterocycles. The van der Waals surface area contributed by atoms with Gasteiger partial charge in [0.05, 0.1) is 10.2 Å². The van der Waals surface area contributed by atoms with Gasteiger partial charge in [-0.2, -0.15) is 0 Å². The van der Waals surface area contributed by atoms with Gasteiger partial charge in [0.15, 0.2) is 0 Å². The molecule has 84 valence electrons. The number of rotatable bonds is 3. The van der Waals surface area contributed by atoms with Crippen molar-refractivity contribution in [3.05, 3.63) is 29.8 Å². The van der Waals surface area contributed by atoms with Crippen LogP contribution < -0.4 is 11.1 Å². The number of carbonyl (C=O) groups is 1. The first-order valence-corrected chi connectivity index (χ1v) is 6.14. The standard InChI is InChI=1S/C11H14N2O2Si/c12-8(11(14)15)5-7-6-3-1-2-4-9(6)13-10(7)16/h1-4,8,13H,5,12H2,16H3,(H,14,15)/t8-/m0/s1. The Balaban J connectivity index is 2.43. The monoisotopic (exact) mass is 234 g/mol. The lowest BCUT2D eigenvalue weighted by atomic mass is 10.1. The van der Waals surface area contributed by atoms with Crippen molar-refractivity contribution in [3.8, 4) is 0 Å². The Morgan fingerprint density at radius 2 is 2.19 bits per heavy atom. The number of para-hydroxylation sites is 1. The van der Waals surface area contributed by atoms with Crippen molar-refractivity contribution in [2.75, 3.05) is 0 Å². The third kappa shape index (κ3) is 1.87. The smallest absolute Gasteiger partial charge is 0.320 e. The number of H-pyrrole nitrogens is 1. The Hall–Kier alpha value is -1.59. The minimum atomic E-state index is -0.952. The zero-order chi connectivity index (χ0) is 11.7. The molecule has 0 aliphatic heterocycles. The molecule has 0 bridgehead atoms. The second-order valence-electron chi connectivity index (χ2n) is 3.92. The molecule has 16 heavy (non-hydrogen) atoms. The summed E-state index contributed by atoms with van der Waals surface area (Å²) in [4.78, 5) is 14.0. The molecule has 5 heteroatoms. The molecule has 4 N–H and O–H groups in total. The zero-order valence-corrected chi connectivity index (χ0v) is 11.0. The van der Waals surface area contributed by atoms with E-state index < -0.39 is 12.0 Å². The summed E-state index contributed by atoms with van der Waals surface area (Å²) < 4.78 is 0. The molecule has 1 atom stereocenters. The lowest BCUT2D eigenvalue weighted by Gasteiger charge is -2.06. The van der Waals surface area contributed by atoms with E-state index in [-0.39, 0.29) is 0 Å². The molecule has 2 aromatic rings. The van der Waals surface area contributed by atoms with Crippen molar-refractivity contribution in [1.29, 1.82) is 0 Å². The van der Waals surface area contributed by atoms with Gasteiger partial charge in [-0.15, -0.1) is 0 Å². The first-order valence-electron chi connectivity index (χ1n) is 5.14. The third-order valence-corrected chi connectivity index (χ3v) is 3.62. The van der Waals surface area contributed by atoms with Crippen molar-refractivity contribution in [2.45, 2.75) is 12.5 Å². The number of hydrogen-bond donors (Lipinski definition) is 3. The van der Waals surface area contributed by atoms with Crippen LogP contribution in [0.2, 0.25) is 0 Å². The largest absolute Gasteiger partial charge is 0.480 e. The molecule has 0 aliphatic carbocycles. The summed E-state index contributed by atoms with van der Waals surface area (Å²) in [6.45, 7) is 0. The predicted molar refractivity (Wildman–Crippen MR) is 67.2 cm³/mol. The summed E-state index contributed by atoms with van der Waals surface area (Å²) in [5.41, 5.74) is 7.68. The number of hydrogen-bond acceptors (Lipinski definition) is 2. The molecule has 2 rings (SSSR count). The molecule has 1 aromatic carbocycles. The number of carboxylic acids is 1. The minimum absolute atomic E-state index is 0.387. The number of nitrogens with one attached hydrogen (secondary N) is 1. The van der Waals surface area contributed by atoms with Crippen molar-refractivity contribution in [2.24, 2.45) is 5.73 Å². The molecular formula is C11H14N2O2Si. The first kappa shape index (κ1) is 10.9. The molecule has 0 spiro atoms. The Morgan fingerprint density at radius 3 is 2.88 bits per heavy atom. The number of aromatic amines is 1. The lowest BCUT2D eigenvalue weighted by molar-refractivity contribution is -0.138. The van der Waals surface area contributed by atoms with Gasteiger partial charge in [-0.1, -0.05) is 18.2 Å². The van der Waals surface area contributed by atoms with Crippen LogP contribution in [0.15, 0.2) is 24.3 Å². The highest BCUT2D eigenvalue weighted by molar-refractivity contribution is 6.33. The maximum atomic E-state index is 10.7. The van der Waals surface area contributed by atoms with Crippen LogP contribution >= 0.6 is 0 Å². The van der Waals surface area contributed by atoms with Crippen LogP contribution in [-0.4, -0.2) is 32.3 Å². The van der Waals surface area contributed by atoms with Crippen molar-refractivity contribution in [3.63, 3.8) is 0 Å². The second kappa shape index (κ2) is 4.11. The zero-order valence-electron chi connectivity index (χ0n) is 9.03. The average Bonchev–Trinajstić information content (AvgIpc) is 2.55. The van der Waals surface area contributed by atoms with E-state index in [1.54, 1.807) is 0 Å². The molecule has 1 aromatic heterocycles. The van der Waals surface area contributed by atoms with Gasteiger partial charge in [-0.05, 0) is 16.9 Å². The highest BCUT2D eigenvalue weighted by Gasteiger charge is 2.16. The molecule has 4 nitrogen and oxygen atoms in total. The van der Waals surface area contributed by atoms with Gasteiger partial charge in [-0.3, -0.25) is 4.79 Å². The van der Waals surface area contributed by atoms with Crippen LogP contribution in [0.25, 0.3) is 10.9 Å². The van der Waals surface area contributed by atoms with E-state index in [2.05, 4.69) is 4.98 Å². The summed E-state index contributed by atoms with van der Waals surface area (Å²) in [5.74, 6) is -0.952. The summed E-state index contributed by atoms with van der Waals surface area (Å²) in [5, 5.41) is 11.0. The highest BCUT2D eigenvalue weighted by atomic mass is 28.1. The Kier molecular flexibility index (Phi) is 2.80. The summed E-state index contributed by atoms with van der Waals surface area (Å²) in [6, 6.07) is 7.07. The van der Waals surface area contributed by atoms with Crippen LogP contribution in [-0.2, 0) is 11.2 Å². The van der Waals surface area contributed by atoms with E-state index in [4.69, 9.17) is 10.8 Å². The van der Waals surface area contributed by atoms with Gasteiger partial charge in [0.2, 0.25) is 0 Å². The van der Waals surface area contributed by atoms with Gasteiger partial charge in [-0.25, -0.2) is 0 Å². The number of fused-ring (bicyclic) bond motifs is 1. The topological polar surface area (TPSA) is 79.1 Å². The number of nitrogens with two attached hydrogens (primary N) is 1. The van der Waals surface area contributed by atoms with E-state index >= 15 is 0 Å². The van der Waals surface area contributed by atoms with Crippen LogP contribution in [0.1, 0.15) is 5.56 Å². The van der Waals surface area contributed by atoms with E-state index in [1.807, 2.05) is 24.3 Å². The van der Waals surface area contributed by atoms with Gasteiger partial charge in [0.25, 0.3) is 0 Å². The first-order chi connectivity index (χ1) is 7.59. The molecule has 1 heterocycles. The van der Waals surface area contributed by atoms with E-state index in [0.29, 0.717) is 6.42 Å². The van der Waals surface area contributed by atoms with E-state index in [9.17, 15) is 4.79 Å². The summed E-state index contributed by atoms with van der Waals surface area (Å²) in [7, 11) is 0.861. The van der Waals surface area contributed by atoms with E-state index in [1.165, 1.54) is 0 Å². The lowest BCUT2D eigenvalue weighted by Crippen LogP contribution is -2.33. The molecule has 0 aliphatic rings. The fourth-order valence-electron chi connectivity index (χ4n) is 1.90. The van der Waals surface area contributed by atoms with Crippen LogP contribution in [0.5, 0.6) is 0 Å². The average molecular weight is 234 g/mol. The number of benzene rings is 1. The molecule has 0 saturated carbocycles. The van der Waals surface area contributed by atoms with Crippen molar-refractivity contribution >= 4 is 32.4 Å². The van der Waals surface area contributed by atoms with Gasteiger partial charge < -0.3 is 15.8 Å². The fourth-order valence-corrected chi connectivity index (χ4v) is 2.65. The van der Waals surface area contributed by atoms with Gasteiger partial charge in [0, 0.05) is 17.3 Å².